The maximum absolute atomic E-state index is 10.0. The third kappa shape index (κ3) is 3.36. The molecule has 0 spiro atoms. The number of aliphatic hydroxyl groups excluding tert-OH is 1. The second-order valence-electron chi connectivity index (χ2n) is 5.37. The van der Waals surface area contributed by atoms with Gasteiger partial charge in [-0.3, -0.25) is 4.99 Å². The highest BCUT2D eigenvalue weighted by Gasteiger charge is 2.22. The molecule has 112 valence electrons. The summed E-state index contributed by atoms with van der Waals surface area (Å²) in [5.41, 5.74) is 1.03. The predicted octanol–water partition coefficient (Wildman–Crippen LogP) is 3.01. The van der Waals surface area contributed by atoms with Crippen LogP contribution in [0.2, 0.25) is 5.02 Å². The van der Waals surface area contributed by atoms with Crippen LogP contribution in [0.25, 0.3) is 10.6 Å². The Kier molecular flexibility index (Phi) is 4.42. The lowest BCUT2D eigenvalue weighted by atomic mass is 9.93. The van der Waals surface area contributed by atoms with Gasteiger partial charge in [0.15, 0.2) is 0 Å². The molecule has 0 amide bonds. The summed E-state index contributed by atoms with van der Waals surface area (Å²) in [6.45, 7) is 0. The minimum atomic E-state index is -0.320. The van der Waals surface area contributed by atoms with Crippen LogP contribution < -0.4 is 4.80 Å². The summed E-state index contributed by atoms with van der Waals surface area (Å²) in [6.07, 6.45) is 3.71. The lowest BCUT2D eigenvalue weighted by Crippen LogP contribution is -2.30. The van der Waals surface area contributed by atoms with Crippen molar-refractivity contribution in [3.63, 3.8) is 0 Å². The number of hydrogen-bond acceptors (Lipinski definition) is 4. The Hall–Kier alpha value is -1.17. The van der Waals surface area contributed by atoms with Crippen LogP contribution in [0.15, 0.2) is 29.3 Å². The van der Waals surface area contributed by atoms with Crippen molar-refractivity contribution in [1.82, 2.24) is 9.78 Å². The zero-order valence-electron chi connectivity index (χ0n) is 11.9. The van der Waals surface area contributed by atoms with E-state index in [1.807, 2.05) is 31.3 Å². The Labute approximate surface area is 132 Å². The van der Waals surface area contributed by atoms with Crippen LogP contribution >= 0.6 is 22.9 Å². The number of nitrogens with zero attached hydrogens (tertiary/aromatic N) is 3. The van der Waals surface area contributed by atoms with E-state index >= 15 is 0 Å². The van der Waals surface area contributed by atoms with Crippen molar-refractivity contribution in [2.45, 2.75) is 37.8 Å². The highest BCUT2D eigenvalue weighted by Crippen LogP contribution is 2.23. The van der Waals surface area contributed by atoms with Crippen molar-refractivity contribution < 1.29 is 5.11 Å². The fourth-order valence-electron chi connectivity index (χ4n) is 2.56. The Balaban J connectivity index is 1.92. The fourth-order valence-corrected chi connectivity index (χ4v) is 3.63. The average molecular weight is 324 g/mol. The standard InChI is InChI=1S/C15H18ClN3OS/c1-19-15(17-12-4-2-3-5-13(12)20)21-14(18-19)10-6-8-11(16)9-7-10/h6-9,12-13,20H,2-5H2,1H3/b17-15+. The Morgan fingerprint density at radius 2 is 2.00 bits per heavy atom. The zero-order chi connectivity index (χ0) is 14.8. The van der Waals surface area contributed by atoms with E-state index in [1.165, 1.54) is 0 Å². The van der Waals surface area contributed by atoms with E-state index in [9.17, 15) is 5.11 Å². The summed E-state index contributed by atoms with van der Waals surface area (Å²) in [5, 5.41) is 16.2. The van der Waals surface area contributed by atoms with E-state index in [4.69, 9.17) is 16.6 Å². The molecular weight excluding hydrogens is 306 g/mol. The summed E-state index contributed by atoms with van der Waals surface area (Å²) < 4.78 is 1.79. The quantitative estimate of drug-likeness (QED) is 0.923. The van der Waals surface area contributed by atoms with Gasteiger partial charge in [0.1, 0.15) is 5.01 Å². The van der Waals surface area contributed by atoms with Crippen molar-refractivity contribution >= 4 is 22.9 Å². The molecule has 1 heterocycles. The van der Waals surface area contributed by atoms with Gasteiger partial charge in [-0.2, -0.15) is 5.10 Å². The molecule has 2 atom stereocenters. The molecule has 4 nitrogen and oxygen atoms in total. The first-order chi connectivity index (χ1) is 10.1. The molecule has 1 aromatic carbocycles. The number of aryl methyl sites for hydroxylation is 1. The van der Waals surface area contributed by atoms with Gasteiger partial charge < -0.3 is 5.11 Å². The minimum absolute atomic E-state index is 0.00321. The lowest BCUT2D eigenvalue weighted by Gasteiger charge is -2.23. The second kappa shape index (κ2) is 6.30. The molecule has 1 aliphatic rings. The molecular formula is C15H18ClN3OS. The average Bonchev–Trinajstić information content (AvgIpc) is 2.83. The first kappa shape index (κ1) is 14.8. The molecule has 1 aromatic heterocycles. The second-order valence-corrected chi connectivity index (χ2v) is 6.76. The molecule has 3 rings (SSSR count). The Morgan fingerprint density at radius 1 is 1.29 bits per heavy atom. The Morgan fingerprint density at radius 3 is 2.71 bits per heavy atom. The summed E-state index contributed by atoms with van der Waals surface area (Å²) in [6, 6.07) is 7.64. The summed E-state index contributed by atoms with van der Waals surface area (Å²) >= 11 is 7.46. The van der Waals surface area contributed by atoms with E-state index in [-0.39, 0.29) is 12.1 Å². The number of halogens is 1. The first-order valence-electron chi connectivity index (χ1n) is 7.15. The molecule has 1 N–H and O–H groups in total. The van der Waals surface area contributed by atoms with Crippen molar-refractivity contribution in [2.75, 3.05) is 0 Å². The monoisotopic (exact) mass is 323 g/mol. The maximum atomic E-state index is 10.0. The molecule has 1 fully saturated rings. The molecule has 1 aliphatic carbocycles. The van der Waals surface area contributed by atoms with Crippen molar-refractivity contribution in [3.8, 4) is 10.6 Å². The molecule has 6 heteroatoms. The third-order valence-corrected chi connectivity index (χ3v) is 5.08. The van der Waals surface area contributed by atoms with Crippen LogP contribution in [0.4, 0.5) is 0 Å². The molecule has 2 unspecified atom stereocenters. The largest absolute Gasteiger partial charge is 0.391 e. The molecule has 0 bridgehead atoms. The summed E-state index contributed by atoms with van der Waals surface area (Å²) in [4.78, 5) is 5.56. The number of aromatic nitrogens is 2. The first-order valence-corrected chi connectivity index (χ1v) is 8.35. The molecule has 0 radical (unpaired) electrons. The predicted molar refractivity (Wildman–Crippen MR) is 85.4 cm³/mol. The zero-order valence-corrected chi connectivity index (χ0v) is 13.4. The van der Waals surface area contributed by atoms with Gasteiger partial charge in [-0.05, 0) is 25.0 Å². The highest BCUT2D eigenvalue weighted by molar-refractivity contribution is 7.12. The normalized spacial score (nSPS) is 23.5. The van der Waals surface area contributed by atoms with Crippen LogP contribution in [0.1, 0.15) is 25.7 Å². The number of benzene rings is 1. The lowest BCUT2D eigenvalue weighted by molar-refractivity contribution is 0.107. The fraction of sp³-hybridized carbons (Fsp3) is 0.467. The van der Waals surface area contributed by atoms with Crippen LogP contribution in [-0.4, -0.2) is 27.0 Å². The van der Waals surface area contributed by atoms with Crippen molar-refractivity contribution in [2.24, 2.45) is 12.0 Å². The topological polar surface area (TPSA) is 50.4 Å². The van der Waals surface area contributed by atoms with Crippen LogP contribution in [0, 0.1) is 0 Å². The van der Waals surface area contributed by atoms with Gasteiger partial charge in [0.25, 0.3) is 0 Å². The maximum Gasteiger partial charge on any atom is 0.203 e. The van der Waals surface area contributed by atoms with E-state index in [0.717, 1.165) is 46.1 Å². The Bertz CT molecular complexity index is 677. The van der Waals surface area contributed by atoms with Gasteiger partial charge in [-0.15, -0.1) is 0 Å². The van der Waals surface area contributed by atoms with Gasteiger partial charge in [0.2, 0.25) is 4.80 Å². The van der Waals surface area contributed by atoms with Crippen LogP contribution in [-0.2, 0) is 7.05 Å². The van der Waals surface area contributed by atoms with E-state index < -0.39 is 0 Å². The van der Waals surface area contributed by atoms with Gasteiger partial charge in [-0.25, -0.2) is 4.68 Å². The SMILES string of the molecule is Cn1nc(-c2ccc(Cl)cc2)s/c1=N/C1CCCCC1O. The molecule has 0 aliphatic heterocycles. The molecule has 2 aromatic rings. The van der Waals surface area contributed by atoms with E-state index in [0.29, 0.717) is 0 Å². The smallest absolute Gasteiger partial charge is 0.203 e. The summed E-state index contributed by atoms with van der Waals surface area (Å²) in [7, 11) is 1.89. The van der Waals surface area contributed by atoms with Crippen LogP contribution in [0.5, 0.6) is 0 Å². The van der Waals surface area contributed by atoms with Gasteiger partial charge in [-0.1, -0.05) is 47.9 Å². The van der Waals surface area contributed by atoms with Gasteiger partial charge in [0.05, 0.1) is 12.1 Å². The van der Waals surface area contributed by atoms with E-state index in [2.05, 4.69) is 5.10 Å². The van der Waals surface area contributed by atoms with Crippen LogP contribution in [0.3, 0.4) is 0 Å². The highest BCUT2D eigenvalue weighted by atomic mass is 35.5. The van der Waals surface area contributed by atoms with Gasteiger partial charge in [0, 0.05) is 17.6 Å². The van der Waals surface area contributed by atoms with Crippen molar-refractivity contribution in [3.05, 3.63) is 34.1 Å². The molecule has 21 heavy (non-hydrogen) atoms. The van der Waals surface area contributed by atoms with Gasteiger partial charge >= 0.3 is 0 Å². The third-order valence-electron chi connectivity index (χ3n) is 3.77. The van der Waals surface area contributed by atoms with Crippen molar-refractivity contribution in [1.29, 1.82) is 0 Å². The number of rotatable bonds is 2. The van der Waals surface area contributed by atoms with E-state index in [1.54, 1.807) is 16.0 Å². The molecule has 0 saturated heterocycles. The molecule has 1 saturated carbocycles. The minimum Gasteiger partial charge on any atom is -0.391 e. The summed E-state index contributed by atoms with van der Waals surface area (Å²) in [5.74, 6) is 0. The number of aliphatic hydroxyl groups is 1. The number of hydrogen-bond donors (Lipinski definition) is 1.